The van der Waals surface area contributed by atoms with Crippen LogP contribution in [0.25, 0.3) is 0 Å². The van der Waals surface area contributed by atoms with E-state index >= 15 is 0 Å². The standard InChI is InChI=1S/C13H11NO4/c1-7-6-10(7)13(17)18-14-11(15)8-4-2-3-5-9(8)12(14)16/h2-5,7,10H,6H2,1H3/t7-,10-/m0/s1. The van der Waals surface area contributed by atoms with Crippen molar-refractivity contribution in [3.63, 3.8) is 0 Å². The first-order chi connectivity index (χ1) is 8.59. The maximum atomic E-state index is 11.9. The molecule has 5 nitrogen and oxygen atoms in total. The number of nitrogens with zero attached hydrogens (tertiary/aromatic N) is 1. The molecule has 0 spiro atoms. The number of rotatable bonds is 2. The predicted octanol–water partition coefficient (Wildman–Crippen LogP) is 1.40. The number of hydrogen-bond donors (Lipinski definition) is 0. The van der Waals surface area contributed by atoms with Crippen LogP contribution in [0.2, 0.25) is 0 Å². The molecule has 0 unspecified atom stereocenters. The molecule has 2 amide bonds. The molecule has 1 aliphatic heterocycles. The topological polar surface area (TPSA) is 63.7 Å². The summed E-state index contributed by atoms with van der Waals surface area (Å²) in [5.74, 6) is -1.56. The lowest BCUT2D eigenvalue weighted by Crippen LogP contribution is -2.33. The van der Waals surface area contributed by atoms with Crippen LogP contribution < -0.4 is 0 Å². The van der Waals surface area contributed by atoms with E-state index in [9.17, 15) is 14.4 Å². The van der Waals surface area contributed by atoms with Gasteiger partial charge in [0, 0.05) is 0 Å². The van der Waals surface area contributed by atoms with Crippen LogP contribution in [0.1, 0.15) is 34.1 Å². The Kier molecular flexibility index (Phi) is 2.23. The van der Waals surface area contributed by atoms with Crippen LogP contribution in [0.5, 0.6) is 0 Å². The predicted molar refractivity (Wildman–Crippen MR) is 60.3 cm³/mol. The molecular weight excluding hydrogens is 234 g/mol. The third-order valence-electron chi connectivity index (χ3n) is 3.35. The second-order valence-corrected chi connectivity index (χ2v) is 4.68. The molecule has 0 bridgehead atoms. The Bertz CT molecular complexity index is 531. The number of hydroxylamine groups is 2. The van der Waals surface area contributed by atoms with Gasteiger partial charge in [0.2, 0.25) is 0 Å². The van der Waals surface area contributed by atoms with Gasteiger partial charge in [-0.2, -0.15) is 0 Å². The molecule has 1 aromatic carbocycles. The summed E-state index contributed by atoms with van der Waals surface area (Å²) < 4.78 is 0. The van der Waals surface area contributed by atoms with Gasteiger partial charge in [-0.25, -0.2) is 4.79 Å². The van der Waals surface area contributed by atoms with E-state index in [0.29, 0.717) is 5.06 Å². The first-order valence-corrected chi connectivity index (χ1v) is 5.79. The zero-order valence-electron chi connectivity index (χ0n) is 9.75. The Labute approximate surface area is 103 Å². The van der Waals surface area contributed by atoms with Gasteiger partial charge in [-0.1, -0.05) is 24.1 Å². The van der Waals surface area contributed by atoms with Crippen LogP contribution in [-0.4, -0.2) is 22.8 Å². The van der Waals surface area contributed by atoms with Crippen molar-refractivity contribution in [3.05, 3.63) is 35.4 Å². The smallest absolute Gasteiger partial charge is 0.329 e. The van der Waals surface area contributed by atoms with E-state index in [1.165, 1.54) is 0 Å². The molecule has 5 heteroatoms. The zero-order valence-corrected chi connectivity index (χ0v) is 9.75. The van der Waals surface area contributed by atoms with Crippen molar-refractivity contribution < 1.29 is 19.2 Å². The summed E-state index contributed by atoms with van der Waals surface area (Å²) in [4.78, 5) is 40.3. The third kappa shape index (κ3) is 1.51. The molecule has 1 saturated carbocycles. The average Bonchev–Trinajstić information content (AvgIpc) is 3.06. The summed E-state index contributed by atoms with van der Waals surface area (Å²) in [6.07, 6.45) is 0.752. The van der Waals surface area contributed by atoms with E-state index in [1.807, 2.05) is 6.92 Å². The zero-order chi connectivity index (χ0) is 12.9. The molecule has 0 N–H and O–H groups in total. The van der Waals surface area contributed by atoms with Gasteiger partial charge in [0.05, 0.1) is 17.0 Å². The van der Waals surface area contributed by atoms with E-state index in [-0.39, 0.29) is 23.0 Å². The van der Waals surface area contributed by atoms with Gasteiger partial charge in [-0.05, 0) is 24.5 Å². The molecule has 0 aromatic heterocycles. The highest BCUT2D eigenvalue weighted by Crippen LogP contribution is 2.39. The van der Waals surface area contributed by atoms with Crippen molar-refractivity contribution in [2.24, 2.45) is 11.8 Å². The van der Waals surface area contributed by atoms with Crippen LogP contribution in [0, 0.1) is 11.8 Å². The minimum atomic E-state index is -0.572. The van der Waals surface area contributed by atoms with Crippen LogP contribution in [0.4, 0.5) is 0 Å². The number of benzene rings is 1. The molecule has 18 heavy (non-hydrogen) atoms. The van der Waals surface area contributed by atoms with E-state index in [4.69, 9.17) is 4.84 Å². The van der Waals surface area contributed by atoms with Crippen LogP contribution in [0.15, 0.2) is 24.3 Å². The maximum absolute atomic E-state index is 11.9. The van der Waals surface area contributed by atoms with Crippen molar-refractivity contribution >= 4 is 17.8 Å². The van der Waals surface area contributed by atoms with Gasteiger partial charge in [0.15, 0.2) is 0 Å². The Morgan fingerprint density at radius 1 is 1.22 bits per heavy atom. The summed E-state index contributed by atoms with van der Waals surface area (Å²) in [6, 6.07) is 6.42. The van der Waals surface area contributed by atoms with E-state index < -0.39 is 17.8 Å². The Hall–Kier alpha value is -2.17. The summed E-state index contributed by atoms with van der Waals surface area (Å²) in [7, 11) is 0. The van der Waals surface area contributed by atoms with Crippen LogP contribution >= 0.6 is 0 Å². The van der Waals surface area contributed by atoms with Crippen molar-refractivity contribution in [2.75, 3.05) is 0 Å². The minimum absolute atomic E-state index is 0.186. The van der Waals surface area contributed by atoms with E-state index in [2.05, 4.69) is 0 Å². The maximum Gasteiger partial charge on any atom is 0.336 e. The van der Waals surface area contributed by atoms with Gasteiger partial charge < -0.3 is 4.84 Å². The normalized spacial score (nSPS) is 25.1. The highest BCUT2D eigenvalue weighted by molar-refractivity contribution is 6.20. The van der Waals surface area contributed by atoms with Gasteiger partial charge in [-0.15, -0.1) is 0 Å². The SMILES string of the molecule is C[C@H]1C[C@@H]1C(=O)ON1C(=O)c2ccccc2C1=O. The van der Waals surface area contributed by atoms with Gasteiger partial charge in [0.25, 0.3) is 11.8 Å². The lowest BCUT2D eigenvalue weighted by Gasteiger charge is -2.12. The molecule has 1 fully saturated rings. The summed E-state index contributed by atoms with van der Waals surface area (Å²) in [5, 5.41) is 0.567. The second kappa shape index (κ2) is 3.66. The molecule has 1 heterocycles. The van der Waals surface area contributed by atoms with Gasteiger partial charge >= 0.3 is 5.97 Å². The fraction of sp³-hybridized carbons (Fsp3) is 0.308. The highest BCUT2D eigenvalue weighted by Gasteiger charge is 2.45. The largest absolute Gasteiger partial charge is 0.336 e. The molecule has 3 rings (SSSR count). The number of fused-ring (bicyclic) bond motifs is 1. The fourth-order valence-electron chi connectivity index (χ4n) is 2.06. The average molecular weight is 245 g/mol. The van der Waals surface area contributed by atoms with Crippen molar-refractivity contribution in [1.29, 1.82) is 0 Å². The first-order valence-electron chi connectivity index (χ1n) is 5.79. The summed E-state index contributed by atoms with van der Waals surface area (Å²) in [5.41, 5.74) is 0.554. The Morgan fingerprint density at radius 2 is 1.72 bits per heavy atom. The Morgan fingerprint density at radius 3 is 2.17 bits per heavy atom. The molecule has 1 aromatic rings. The number of amides is 2. The lowest BCUT2D eigenvalue weighted by atomic mass is 10.1. The monoisotopic (exact) mass is 245 g/mol. The number of carbonyl (C=O) groups is 3. The highest BCUT2D eigenvalue weighted by atomic mass is 16.7. The van der Waals surface area contributed by atoms with Crippen molar-refractivity contribution in [2.45, 2.75) is 13.3 Å². The minimum Gasteiger partial charge on any atom is -0.329 e. The molecule has 2 atom stereocenters. The van der Waals surface area contributed by atoms with Crippen LogP contribution in [-0.2, 0) is 9.63 Å². The molecule has 1 aliphatic carbocycles. The quantitative estimate of drug-likeness (QED) is 0.739. The van der Waals surface area contributed by atoms with Crippen molar-refractivity contribution in [3.8, 4) is 0 Å². The van der Waals surface area contributed by atoms with E-state index in [0.717, 1.165) is 6.42 Å². The van der Waals surface area contributed by atoms with E-state index in [1.54, 1.807) is 24.3 Å². The third-order valence-corrected chi connectivity index (χ3v) is 3.35. The lowest BCUT2D eigenvalue weighted by molar-refractivity contribution is -0.170. The fourth-order valence-corrected chi connectivity index (χ4v) is 2.06. The number of hydrogen-bond acceptors (Lipinski definition) is 4. The molecule has 0 saturated heterocycles. The molecule has 2 aliphatic rings. The molecule has 0 radical (unpaired) electrons. The van der Waals surface area contributed by atoms with Gasteiger partial charge in [-0.3, -0.25) is 9.59 Å². The summed E-state index contributed by atoms with van der Waals surface area (Å²) in [6.45, 7) is 1.92. The summed E-state index contributed by atoms with van der Waals surface area (Å²) >= 11 is 0. The second-order valence-electron chi connectivity index (χ2n) is 4.68. The number of imide groups is 1. The Balaban J connectivity index is 1.82. The molecular formula is C13H11NO4. The molecule has 92 valence electrons. The van der Waals surface area contributed by atoms with Crippen LogP contribution in [0.3, 0.4) is 0 Å². The van der Waals surface area contributed by atoms with Crippen molar-refractivity contribution in [1.82, 2.24) is 5.06 Å². The number of carbonyl (C=O) groups excluding carboxylic acids is 3. The first kappa shape index (κ1) is 11.0. The van der Waals surface area contributed by atoms with Gasteiger partial charge in [0.1, 0.15) is 0 Å².